The molecule has 0 saturated heterocycles. The molecule has 0 atom stereocenters. The molecule has 0 aliphatic rings. The van der Waals surface area contributed by atoms with Crippen molar-refractivity contribution in [2.24, 2.45) is 20.5 Å². The van der Waals surface area contributed by atoms with Crippen molar-refractivity contribution in [3.63, 3.8) is 0 Å². The van der Waals surface area contributed by atoms with Crippen LogP contribution in [0.2, 0.25) is 0 Å². The summed E-state index contributed by atoms with van der Waals surface area (Å²) in [5.41, 5.74) is 1.76. The molecular weight excluding hydrogens is 383 g/mol. The highest BCUT2D eigenvalue weighted by Crippen LogP contribution is 2.27. The molecular formula is C23H23FN4O2. The van der Waals surface area contributed by atoms with Gasteiger partial charge < -0.3 is 9.47 Å². The molecule has 0 amide bonds. The molecule has 0 unspecified atom stereocenters. The molecule has 0 saturated carbocycles. The molecule has 0 radical (unpaired) electrons. The number of hydrogen-bond donors (Lipinski definition) is 0. The quantitative estimate of drug-likeness (QED) is 0.268. The lowest BCUT2D eigenvalue weighted by Crippen LogP contribution is -1.95. The first kappa shape index (κ1) is 21.1. The Morgan fingerprint density at radius 1 is 0.733 bits per heavy atom. The van der Waals surface area contributed by atoms with Crippen molar-refractivity contribution < 1.29 is 13.9 Å². The van der Waals surface area contributed by atoms with Crippen LogP contribution in [0.5, 0.6) is 11.5 Å². The van der Waals surface area contributed by atoms with Crippen molar-refractivity contribution in [2.45, 2.75) is 19.8 Å². The van der Waals surface area contributed by atoms with Gasteiger partial charge in [0.2, 0.25) is 0 Å². The maximum Gasteiger partial charge on any atom is 0.152 e. The Hall–Kier alpha value is -3.61. The van der Waals surface area contributed by atoms with Gasteiger partial charge in [-0.15, -0.1) is 5.11 Å². The summed E-state index contributed by atoms with van der Waals surface area (Å²) in [5.74, 6) is 0.984. The summed E-state index contributed by atoms with van der Waals surface area (Å²) in [5, 5.41) is 16.2. The Balaban J connectivity index is 1.62. The normalized spacial score (nSPS) is 11.3. The molecule has 0 heterocycles. The first-order valence-electron chi connectivity index (χ1n) is 9.68. The Morgan fingerprint density at radius 3 is 1.90 bits per heavy atom. The lowest BCUT2D eigenvalue weighted by molar-refractivity contribution is 0.309. The van der Waals surface area contributed by atoms with E-state index in [4.69, 9.17) is 9.47 Å². The van der Waals surface area contributed by atoms with Crippen molar-refractivity contribution in [2.75, 3.05) is 13.7 Å². The summed E-state index contributed by atoms with van der Waals surface area (Å²) >= 11 is 0. The first-order chi connectivity index (χ1) is 14.7. The van der Waals surface area contributed by atoms with Crippen molar-refractivity contribution >= 4 is 22.7 Å². The number of azo groups is 2. The molecule has 30 heavy (non-hydrogen) atoms. The van der Waals surface area contributed by atoms with Crippen molar-refractivity contribution in [1.29, 1.82) is 0 Å². The van der Waals surface area contributed by atoms with Gasteiger partial charge >= 0.3 is 0 Å². The molecule has 0 aliphatic heterocycles. The predicted octanol–water partition coefficient (Wildman–Crippen LogP) is 7.84. The smallest absolute Gasteiger partial charge is 0.152 e. The van der Waals surface area contributed by atoms with Gasteiger partial charge in [-0.2, -0.15) is 15.3 Å². The highest BCUT2D eigenvalue weighted by atomic mass is 19.1. The van der Waals surface area contributed by atoms with Gasteiger partial charge in [-0.25, -0.2) is 4.39 Å². The summed E-state index contributed by atoms with van der Waals surface area (Å²) in [6.07, 6.45) is 2.09. The zero-order chi connectivity index (χ0) is 21.2. The zero-order valence-corrected chi connectivity index (χ0v) is 17.0. The Kier molecular flexibility index (Phi) is 7.60. The largest absolute Gasteiger partial charge is 0.497 e. The fourth-order valence-electron chi connectivity index (χ4n) is 2.46. The molecule has 7 heteroatoms. The predicted molar refractivity (Wildman–Crippen MR) is 115 cm³/mol. The van der Waals surface area contributed by atoms with Crippen LogP contribution in [0.15, 0.2) is 87.2 Å². The molecule has 3 aromatic rings. The van der Waals surface area contributed by atoms with Gasteiger partial charge in [-0.1, -0.05) is 13.3 Å². The third kappa shape index (κ3) is 6.20. The van der Waals surface area contributed by atoms with Gasteiger partial charge in [0.05, 0.1) is 30.8 Å². The number of unbranched alkanes of at least 4 members (excludes halogenated alkanes) is 1. The summed E-state index contributed by atoms with van der Waals surface area (Å²) in [6.45, 7) is 2.80. The van der Waals surface area contributed by atoms with Crippen LogP contribution < -0.4 is 9.47 Å². The number of benzene rings is 3. The van der Waals surface area contributed by atoms with Gasteiger partial charge in [0.1, 0.15) is 17.2 Å². The molecule has 0 N–H and O–H groups in total. The van der Waals surface area contributed by atoms with E-state index >= 15 is 0 Å². The Morgan fingerprint density at radius 2 is 1.30 bits per heavy atom. The van der Waals surface area contributed by atoms with Crippen LogP contribution in [0.25, 0.3) is 0 Å². The van der Waals surface area contributed by atoms with Crippen LogP contribution in [0.3, 0.4) is 0 Å². The second-order valence-corrected chi connectivity index (χ2v) is 6.43. The molecule has 3 aromatic carbocycles. The summed E-state index contributed by atoms with van der Waals surface area (Å²) < 4.78 is 25.0. The number of methoxy groups -OCH3 is 1. The number of ether oxygens (including phenoxy) is 2. The van der Waals surface area contributed by atoms with Crippen molar-refractivity contribution in [3.8, 4) is 11.5 Å². The maximum atomic E-state index is 14.3. The molecule has 0 aliphatic carbocycles. The molecule has 0 aromatic heterocycles. The Bertz CT molecular complexity index is 1000. The van der Waals surface area contributed by atoms with Crippen LogP contribution in [-0.2, 0) is 0 Å². The zero-order valence-electron chi connectivity index (χ0n) is 17.0. The number of halogens is 1. The molecule has 6 nitrogen and oxygen atoms in total. The summed E-state index contributed by atoms with van der Waals surface area (Å²) in [7, 11) is 1.59. The van der Waals surface area contributed by atoms with Gasteiger partial charge in [-0.3, -0.25) is 0 Å². The number of rotatable bonds is 9. The third-order valence-corrected chi connectivity index (χ3v) is 4.16. The van der Waals surface area contributed by atoms with Crippen LogP contribution in [0, 0.1) is 5.82 Å². The van der Waals surface area contributed by atoms with Crippen LogP contribution in [0.1, 0.15) is 19.8 Å². The lowest BCUT2D eigenvalue weighted by Gasteiger charge is -2.04. The minimum atomic E-state index is -0.524. The van der Waals surface area contributed by atoms with E-state index in [9.17, 15) is 4.39 Å². The summed E-state index contributed by atoms with van der Waals surface area (Å²) in [6, 6.07) is 18.7. The molecule has 0 fully saturated rings. The van der Waals surface area contributed by atoms with E-state index in [1.807, 2.05) is 12.1 Å². The number of nitrogens with zero attached hydrogens (tertiary/aromatic N) is 4. The third-order valence-electron chi connectivity index (χ3n) is 4.16. The van der Waals surface area contributed by atoms with Crippen molar-refractivity contribution in [1.82, 2.24) is 0 Å². The van der Waals surface area contributed by atoms with E-state index in [1.54, 1.807) is 49.6 Å². The first-order valence-corrected chi connectivity index (χ1v) is 9.68. The highest BCUT2D eigenvalue weighted by Gasteiger charge is 2.03. The molecule has 3 rings (SSSR count). The molecule has 154 valence electrons. The lowest BCUT2D eigenvalue weighted by atomic mass is 10.3. The van der Waals surface area contributed by atoms with Gasteiger partial charge in [0.15, 0.2) is 5.82 Å². The van der Waals surface area contributed by atoms with E-state index < -0.39 is 5.82 Å². The maximum absolute atomic E-state index is 14.3. The van der Waals surface area contributed by atoms with Crippen LogP contribution in [-0.4, -0.2) is 13.7 Å². The second-order valence-electron chi connectivity index (χ2n) is 6.43. The van der Waals surface area contributed by atoms with Gasteiger partial charge in [-0.05, 0) is 67.1 Å². The van der Waals surface area contributed by atoms with Crippen LogP contribution in [0.4, 0.5) is 27.1 Å². The molecule has 0 spiro atoms. The topological polar surface area (TPSA) is 67.9 Å². The minimum absolute atomic E-state index is 0.127. The highest BCUT2D eigenvalue weighted by molar-refractivity contribution is 5.50. The minimum Gasteiger partial charge on any atom is -0.497 e. The van der Waals surface area contributed by atoms with E-state index in [1.165, 1.54) is 12.1 Å². The standard InChI is InChI=1S/C23H23FN4O2/c1-3-4-15-30-21-12-7-18(8-13-21)26-28-23-14-9-19(16-22(23)24)27-25-17-5-10-20(29-2)11-6-17/h5-14,16H,3-4,15H2,1-2H3. The van der Waals surface area contributed by atoms with Crippen molar-refractivity contribution in [3.05, 3.63) is 72.5 Å². The second kappa shape index (κ2) is 10.8. The summed E-state index contributed by atoms with van der Waals surface area (Å²) in [4.78, 5) is 0. The average Bonchev–Trinajstić information content (AvgIpc) is 2.78. The van der Waals surface area contributed by atoms with Gasteiger partial charge in [0.25, 0.3) is 0 Å². The number of hydrogen-bond acceptors (Lipinski definition) is 6. The SMILES string of the molecule is CCCCOc1ccc(N=Nc2ccc(N=Nc3ccc(OC)cc3)cc2F)cc1. The fourth-order valence-corrected chi connectivity index (χ4v) is 2.46. The monoisotopic (exact) mass is 406 g/mol. The van der Waals surface area contributed by atoms with E-state index in [0.717, 1.165) is 24.3 Å². The van der Waals surface area contributed by atoms with E-state index in [0.29, 0.717) is 23.7 Å². The fraction of sp³-hybridized carbons (Fsp3) is 0.217. The van der Waals surface area contributed by atoms with E-state index in [-0.39, 0.29) is 5.69 Å². The molecule has 0 bridgehead atoms. The van der Waals surface area contributed by atoms with Gasteiger partial charge in [0, 0.05) is 6.07 Å². The van der Waals surface area contributed by atoms with E-state index in [2.05, 4.69) is 27.4 Å². The Labute approximate surface area is 175 Å². The van der Waals surface area contributed by atoms with Crippen LogP contribution >= 0.6 is 0 Å². The average molecular weight is 406 g/mol.